The Morgan fingerprint density at radius 2 is 1.93 bits per heavy atom. The number of carbonyl (C=O) groups excluding carboxylic acids is 2. The van der Waals surface area contributed by atoms with Gasteiger partial charge in [-0.1, -0.05) is 12.1 Å². The van der Waals surface area contributed by atoms with Crippen molar-refractivity contribution in [3.63, 3.8) is 0 Å². The van der Waals surface area contributed by atoms with E-state index in [0.717, 1.165) is 28.2 Å². The minimum atomic E-state index is -0.396. The number of hydrogen-bond acceptors (Lipinski definition) is 4. The summed E-state index contributed by atoms with van der Waals surface area (Å²) in [6.45, 7) is 1.97. The number of nitrogens with zero attached hydrogens (tertiary/aromatic N) is 1. The normalized spacial score (nSPS) is 15.1. The highest BCUT2D eigenvalue weighted by molar-refractivity contribution is 7.16. The van der Waals surface area contributed by atoms with Crippen LogP contribution in [0.2, 0.25) is 0 Å². The number of fused-ring (bicyclic) bond motifs is 1. The van der Waals surface area contributed by atoms with Gasteiger partial charge in [0.05, 0.1) is 11.6 Å². The molecule has 0 bridgehead atoms. The molecular weight excluding hydrogens is 377 g/mol. The van der Waals surface area contributed by atoms with Crippen LogP contribution in [-0.2, 0) is 11.2 Å². The van der Waals surface area contributed by atoms with Crippen LogP contribution in [0.1, 0.15) is 38.8 Å². The summed E-state index contributed by atoms with van der Waals surface area (Å²) in [6, 6.07) is 13.0. The molecule has 0 saturated carbocycles. The maximum atomic E-state index is 13.0. The lowest BCUT2D eigenvalue weighted by Crippen LogP contribution is -2.20. The zero-order chi connectivity index (χ0) is 19.7. The van der Waals surface area contributed by atoms with Crippen LogP contribution >= 0.6 is 11.3 Å². The molecule has 0 aliphatic heterocycles. The van der Waals surface area contributed by atoms with Crippen LogP contribution in [0.15, 0.2) is 48.5 Å². The predicted molar refractivity (Wildman–Crippen MR) is 107 cm³/mol. The zero-order valence-electron chi connectivity index (χ0n) is 15.2. The van der Waals surface area contributed by atoms with Gasteiger partial charge in [0.25, 0.3) is 5.91 Å². The molecule has 1 unspecified atom stereocenters. The molecule has 0 saturated heterocycles. The topological polar surface area (TPSA) is 71.1 Å². The zero-order valence-corrected chi connectivity index (χ0v) is 16.0. The number of hydrogen-bond donors (Lipinski definition) is 2. The first kappa shape index (κ1) is 18.3. The average molecular weight is 395 g/mol. The van der Waals surface area contributed by atoms with Gasteiger partial charge in [0.2, 0.25) is 5.91 Å². The fourth-order valence-corrected chi connectivity index (χ4v) is 4.29. The van der Waals surface area contributed by atoms with E-state index in [0.29, 0.717) is 17.1 Å². The molecule has 5 nitrogen and oxygen atoms in total. The number of aromatic nitrogens is 1. The monoisotopic (exact) mass is 395 g/mol. The molecule has 3 aromatic rings. The highest BCUT2D eigenvalue weighted by Crippen LogP contribution is 2.39. The smallest absolute Gasteiger partial charge is 0.257 e. The first-order valence-electron chi connectivity index (χ1n) is 8.93. The van der Waals surface area contributed by atoms with Gasteiger partial charge in [-0.05, 0) is 61.7 Å². The molecule has 0 fully saturated rings. The van der Waals surface area contributed by atoms with Crippen molar-refractivity contribution in [2.24, 2.45) is 0 Å². The van der Waals surface area contributed by atoms with Crippen molar-refractivity contribution < 1.29 is 14.0 Å². The van der Waals surface area contributed by atoms with Gasteiger partial charge < -0.3 is 5.32 Å². The minimum Gasteiger partial charge on any atom is -0.326 e. The third-order valence-electron chi connectivity index (χ3n) is 4.65. The number of amides is 2. The Balaban J connectivity index is 1.47. The fourth-order valence-electron chi connectivity index (χ4n) is 3.26. The lowest BCUT2D eigenvalue weighted by molar-refractivity contribution is -0.117. The number of anilines is 2. The molecule has 2 N–H and O–H groups in total. The van der Waals surface area contributed by atoms with Crippen LogP contribution in [0.5, 0.6) is 0 Å². The SMILES string of the molecule is Cc1cccc(NC(=O)C2CCc3sc(NC(=O)c4ccc(F)cc4)nc32)c1. The molecule has 1 aliphatic rings. The standard InChI is InChI=1S/C21H18FN3O2S/c1-12-3-2-4-15(11-12)23-20(27)16-9-10-17-18(16)24-21(28-17)25-19(26)13-5-7-14(22)8-6-13/h2-8,11,16H,9-10H2,1H3,(H,23,27)(H,24,25,26). The van der Waals surface area contributed by atoms with E-state index in [9.17, 15) is 14.0 Å². The Labute approximate surface area is 165 Å². The van der Waals surface area contributed by atoms with Crippen LogP contribution in [-0.4, -0.2) is 16.8 Å². The molecule has 0 radical (unpaired) electrons. The minimum absolute atomic E-state index is 0.0916. The second-order valence-corrected chi connectivity index (χ2v) is 7.82. The molecule has 2 aromatic carbocycles. The number of nitrogens with one attached hydrogen (secondary N) is 2. The van der Waals surface area contributed by atoms with Gasteiger partial charge in [0.15, 0.2) is 5.13 Å². The molecule has 7 heteroatoms. The van der Waals surface area contributed by atoms with E-state index < -0.39 is 5.82 Å². The van der Waals surface area contributed by atoms with Crippen molar-refractivity contribution in [3.8, 4) is 0 Å². The van der Waals surface area contributed by atoms with Crippen molar-refractivity contribution in [2.75, 3.05) is 10.6 Å². The quantitative estimate of drug-likeness (QED) is 0.683. The maximum Gasteiger partial charge on any atom is 0.257 e. The average Bonchev–Trinajstić information content (AvgIpc) is 3.22. The van der Waals surface area contributed by atoms with Crippen molar-refractivity contribution in [3.05, 3.63) is 76.0 Å². The Hall–Kier alpha value is -3.06. The molecule has 1 aliphatic carbocycles. The van der Waals surface area contributed by atoms with Gasteiger partial charge in [-0.3, -0.25) is 14.9 Å². The summed E-state index contributed by atoms with van der Waals surface area (Å²) in [6.07, 6.45) is 1.46. The van der Waals surface area contributed by atoms with Gasteiger partial charge in [0, 0.05) is 16.1 Å². The molecule has 1 atom stereocenters. The second kappa shape index (κ2) is 7.52. The van der Waals surface area contributed by atoms with Gasteiger partial charge in [0.1, 0.15) is 5.82 Å². The third-order valence-corrected chi connectivity index (χ3v) is 5.69. The fraction of sp³-hybridized carbons (Fsp3) is 0.190. The Morgan fingerprint density at radius 1 is 1.14 bits per heavy atom. The van der Waals surface area contributed by atoms with E-state index in [4.69, 9.17) is 0 Å². The molecular formula is C21H18FN3O2S. The predicted octanol–water partition coefficient (Wildman–Crippen LogP) is 4.51. The lowest BCUT2D eigenvalue weighted by atomic mass is 10.1. The number of rotatable bonds is 4. The van der Waals surface area contributed by atoms with E-state index in [1.165, 1.54) is 35.6 Å². The molecule has 0 spiro atoms. The third kappa shape index (κ3) is 3.80. The van der Waals surface area contributed by atoms with E-state index in [2.05, 4.69) is 15.6 Å². The Kier molecular flexibility index (Phi) is 4.92. The second-order valence-electron chi connectivity index (χ2n) is 6.74. The summed E-state index contributed by atoms with van der Waals surface area (Å²) in [5.41, 5.74) is 2.91. The van der Waals surface area contributed by atoms with Gasteiger partial charge >= 0.3 is 0 Å². The van der Waals surface area contributed by atoms with Crippen LogP contribution in [0, 0.1) is 12.7 Å². The summed E-state index contributed by atoms with van der Waals surface area (Å²) < 4.78 is 13.0. The number of carbonyl (C=O) groups is 2. The van der Waals surface area contributed by atoms with Crippen molar-refractivity contribution >= 4 is 34.0 Å². The van der Waals surface area contributed by atoms with E-state index in [-0.39, 0.29) is 17.7 Å². The van der Waals surface area contributed by atoms with E-state index >= 15 is 0 Å². The Bertz CT molecular complexity index is 1050. The van der Waals surface area contributed by atoms with Crippen molar-refractivity contribution in [1.29, 1.82) is 0 Å². The maximum absolute atomic E-state index is 13.0. The highest BCUT2D eigenvalue weighted by atomic mass is 32.1. The van der Waals surface area contributed by atoms with Crippen LogP contribution < -0.4 is 10.6 Å². The van der Waals surface area contributed by atoms with Crippen LogP contribution in [0.25, 0.3) is 0 Å². The van der Waals surface area contributed by atoms with E-state index in [1.54, 1.807) is 0 Å². The lowest BCUT2D eigenvalue weighted by Gasteiger charge is -2.11. The summed E-state index contributed by atoms with van der Waals surface area (Å²) >= 11 is 1.38. The number of aryl methyl sites for hydroxylation is 2. The van der Waals surface area contributed by atoms with Crippen molar-refractivity contribution in [2.45, 2.75) is 25.7 Å². The molecule has 1 heterocycles. The summed E-state index contributed by atoms with van der Waals surface area (Å²) in [7, 11) is 0. The molecule has 1 aromatic heterocycles. The highest BCUT2D eigenvalue weighted by Gasteiger charge is 2.33. The summed E-state index contributed by atoms with van der Waals surface area (Å²) in [4.78, 5) is 30.5. The number of halogens is 1. The Morgan fingerprint density at radius 3 is 2.68 bits per heavy atom. The first-order chi connectivity index (χ1) is 13.5. The van der Waals surface area contributed by atoms with Crippen LogP contribution in [0.3, 0.4) is 0 Å². The molecule has 28 heavy (non-hydrogen) atoms. The largest absolute Gasteiger partial charge is 0.326 e. The number of thiazole rings is 1. The molecule has 4 rings (SSSR count). The molecule has 2 amide bonds. The van der Waals surface area contributed by atoms with Gasteiger partial charge in [-0.25, -0.2) is 9.37 Å². The number of benzene rings is 2. The van der Waals surface area contributed by atoms with Gasteiger partial charge in [-0.15, -0.1) is 11.3 Å². The molecule has 142 valence electrons. The summed E-state index contributed by atoms with van der Waals surface area (Å²) in [5.74, 6) is -1.17. The van der Waals surface area contributed by atoms with Crippen molar-refractivity contribution in [1.82, 2.24) is 4.98 Å². The van der Waals surface area contributed by atoms with Crippen LogP contribution in [0.4, 0.5) is 15.2 Å². The van der Waals surface area contributed by atoms with E-state index in [1.807, 2.05) is 31.2 Å². The summed E-state index contributed by atoms with van der Waals surface area (Å²) in [5, 5.41) is 6.14. The van der Waals surface area contributed by atoms with Gasteiger partial charge in [-0.2, -0.15) is 0 Å². The first-order valence-corrected chi connectivity index (χ1v) is 9.75.